The number of halogens is 2. The lowest BCUT2D eigenvalue weighted by Crippen LogP contribution is -2.46. The second-order valence-electron chi connectivity index (χ2n) is 11.9. The molecule has 5 rings (SSSR count). The summed E-state index contributed by atoms with van der Waals surface area (Å²) >= 11 is 13.3. The van der Waals surface area contributed by atoms with Crippen molar-refractivity contribution in [3.8, 4) is 0 Å². The fourth-order valence-electron chi connectivity index (χ4n) is 6.04. The van der Waals surface area contributed by atoms with E-state index in [-0.39, 0.29) is 58.5 Å². The number of nitrogens with zero attached hydrogens (tertiary/aromatic N) is 1. The molecule has 268 valence electrons. The molecule has 4 aromatic rings. The Bertz CT molecular complexity index is 2150. The van der Waals surface area contributed by atoms with Crippen molar-refractivity contribution >= 4 is 73.7 Å². The van der Waals surface area contributed by atoms with Gasteiger partial charge in [0.1, 0.15) is 18.8 Å². The van der Waals surface area contributed by atoms with Gasteiger partial charge in [0.05, 0.1) is 51.6 Å². The molecule has 0 spiro atoms. The van der Waals surface area contributed by atoms with Gasteiger partial charge in [0, 0.05) is 23.8 Å². The number of aliphatic carboxylic acids is 1. The van der Waals surface area contributed by atoms with Crippen LogP contribution < -0.4 is 5.73 Å². The largest absolute Gasteiger partial charge is 0.481 e. The normalized spacial score (nSPS) is 14.8. The van der Waals surface area contributed by atoms with Crippen molar-refractivity contribution < 1.29 is 51.4 Å². The van der Waals surface area contributed by atoms with Crippen molar-refractivity contribution in [2.24, 2.45) is 11.7 Å². The van der Waals surface area contributed by atoms with E-state index in [1.54, 1.807) is 30.3 Å². The highest BCUT2D eigenvalue weighted by atomic mass is 35.5. The van der Waals surface area contributed by atoms with E-state index in [1.807, 2.05) is 0 Å². The zero-order valence-corrected chi connectivity index (χ0v) is 29.4. The van der Waals surface area contributed by atoms with Gasteiger partial charge in [-0.05, 0) is 65.9 Å². The third-order valence-corrected chi connectivity index (χ3v) is 10.2. The Kier molecular flexibility index (Phi) is 11.4. The van der Waals surface area contributed by atoms with Crippen molar-refractivity contribution in [1.29, 1.82) is 0 Å². The number of esters is 2. The molecule has 13 nitrogen and oxygen atoms in total. The number of benzene rings is 3. The van der Waals surface area contributed by atoms with Gasteiger partial charge in [-0.2, -0.15) is 0 Å². The van der Waals surface area contributed by atoms with Crippen LogP contribution in [0.3, 0.4) is 0 Å². The quantitative estimate of drug-likeness (QED) is 0.140. The van der Waals surface area contributed by atoms with Crippen LogP contribution in [-0.2, 0) is 46.5 Å². The molecule has 2 atom stereocenters. The van der Waals surface area contributed by atoms with E-state index in [1.165, 1.54) is 35.4 Å². The average molecular weight is 760 g/mol. The number of nitrogens with two attached hydrogens (primary N) is 1. The second-order valence-corrected chi connectivity index (χ2v) is 14.7. The summed E-state index contributed by atoms with van der Waals surface area (Å²) in [7, 11) is -3.64. The highest BCUT2D eigenvalue weighted by Crippen LogP contribution is 2.44. The summed E-state index contributed by atoms with van der Waals surface area (Å²) in [4.78, 5) is 65.0. The number of sulfone groups is 1. The maximum absolute atomic E-state index is 14.4. The predicted octanol–water partition coefficient (Wildman–Crippen LogP) is 4.79. The Labute approximate surface area is 302 Å². The van der Waals surface area contributed by atoms with Crippen LogP contribution in [0.25, 0.3) is 11.0 Å². The van der Waals surface area contributed by atoms with Crippen LogP contribution in [0.5, 0.6) is 0 Å². The molecule has 2 amide bonds. The molecule has 3 N–H and O–H groups in total. The van der Waals surface area contributed by atoms with Crippen molar-refractivity contribution in [2.45, 2.75) is 36.6 Å². The van der Waals surface area contributed by atoms with E-state index in [0.717, 1.165) is 11.6 Å². The number of rotatable bonds is 13. The fraction of sp³-hybridized carbons (Fsp3) is 0.286. The first-order valence-corrected chi connectivity index (χ1v) is 18.2. The first kappa shape index (κ1) is 37.3. The van der Waals surface area contributed by atoms with Crippen LogP contribution in [0.4, 0.5) is 0 Å². The fourth-order valence-corrected chi connectivity index (χ4v) is 7.49. The highest BCUT2D eigenvalue weighted by Gasteiger charge is 2.43. The number of ether oxygens (including phenoxy) is 2. The van der Waals surface area contributed by atoms with Crippen LogP contribution in [0.2, 0.25) is 10.0 Å². The Hall–Kier alpha value is -4.92. The van der Waals surface area contributed by atoms with Gasteiger partial charge in [0.15, 0.2) is 9.84 Å². The van der Waals surface area contributed by atoms with Gasteiger partial charge in [-0.1, -0.05) is 41.4 Å². The van der Waals surface area contributed by atoms with Gasteiger partial charge in [-0.15, -0.1) is 0 Å². The minimum atomic E-state index is -3.64. The number of fused-ring (bicyclic) bond motifs is 2. The van der Waals surface area contributed by atoms with Gasteiger partial charge >= 0.3 is 17.9 Å². The molecule has 1 aliphatic rings. The summed E-state index contributed by atoms with van der Waals surface area (Å²) in [5.74, 6) is -5.41. The number of hydrogen-bond donors (Lipinski definition) is 2. The van der Waals surface area contributed by atoms with Crippen molar-refractivity contribution in [3.63, 3.8) is 0 Å². The standard InChI is InChI=1S/C35H32Cl2N2O11S/c1-51(46,47)22-4-2-3-19(15-22)16-25(35(45)50-14-13-49-29(42)8-7-28(40)41)32-24-18-26(36)30(33(38)43)31(37)23(24)9-11-39(32)34(44)21-6-5-20-10-12-48-27(20)17-21/h2-6,10,12,15,17-18,25,32H,7-9,11,13-14,16H2,1H3,(H2,38,43)(H,40,41)/t25-,32?/m0/s1. The lowest BCUT2D eigenvalue weighted by atomic mass is 9.80. The summed E-state index contributed by atoms with van der Waals surface area (Å²) in [6, 6.07) is 12.9. The topological polar surface area (TPSA) is 201 Å². The lowest BCUT2D eigenvalue weighted by molar-refractivity contribution is -0.157. The van der Waals surface area contributed by atoms with Crippen LogP contribution in [0.1, 0.15) is 56.3 Å². The summed E-state index contributed by atoms with van der Waals surface area (Å²) < 4.78 is 40.9. The second kappa shape index (κ2) is 15.5. The number of hydrogen-bond acceptors (Lipinski definition) is 10. The monoisotopic (exact) mass is 758 g/mol. The third kappa shape index (κ3) is 8.52. The molecule has 1 unspecified atom stereocenters. The number of carboxylic acids is 1. The molecule has 0 aliphatic carbocycles. The minimum absolute atomic E-state index is 0.00121. The Morgan fingerprint density at radius 3 is 2.47 bits per heavy atom. The molecule has 0 saturated heterocycles. The van der Waals surface area contributed by atoms with E-state index < -0.39 is 64.5 Å². The zero-order chi connectivity index (χ0) is 37.0. The molecule has 51 heavy (non-hydrogen) atoms. The van der Waals surface area contributed by atoms with Crippen molar-refractivity contribution in [3.05, 3.63) is 98.7 Å². The van der Waals surface area contributed by atoms with Gasteiger partial charge in [-0.25, -0.2) is 8.42 Å². The number of carbonyl (C=O) groups excluding carboxylic acids is 4. The van der Waals surface area contributed by atoms with Crippen LogP contribution >= 0.6 is 23.2 Å². The predicted molar refractivity (Wildman–Crippen MR) is 184 cm³/mol. The minimum Gasteiger partial charge on any atom is -0.481 e. The van der Waals surface area contributed by atoms with E-state index in [9.17, 15) is 32.4 Å². The average Bonchev–Trinajstić information content (AvgIpc) is 3.55. The molecule has 0 bridgehead atoms. The van der Waals surface area contributed by atoms with Gasteiger partial charge in [0.25, 0.3) is 11.8 Å². The number of carboxylic acid groups (broad SMARTS) is 1. The SMILES string of the molecule is CS(=O)(=O)c1cccc(C[C@H](C(=O)OCCOC(=O)CCC(=O)O)C2c3cc(Cl)c(C(N)=O)c(Cl)c3CCN2C(=O)c2ccc3ccoc3c2)c1. The van der Waals surface area contributed by atoms with E-state index >= 15 is 0 Å². The highest BCUT2D eigenvalue weighted by molar-refractivity contribution is 7.90. The molecule has 2 heterocycles. The van der Waals surface area contributed by atoms with E-state index in [4.69, 9.17) is 47.9 Å². The first-order chi connectivity index (χ1) is 24.1. The Balaban J connectivity index is 1.58. The summed E-state index contributed by atoms with van der Waals surface area (Å²) in [5, 5.41) is 9.43. The van der Waals surface area contributed by atoms with Gasteiger partial charge in [0.2, 0.25) is 0 Å². The smallest absolute Gasteiger partial charge is 0.311 e. The third-order valence-electron chi connectivity index (χ3n) is 8.42. The maximum atomic E-state index is 14.4. The molecule has 1 aromatic heterocycles. The lowest BCUT2D eigenvalue weighted by Gasteiger charge is -2.41. The molecule has 0 fully saturated rings. The van der Waals surface area contributed by atoms with E-state index in [0.29, 0.717) is 22.3 Å². The number of furan rings is 1. The zero-order valence-electron chi connectivity index (χ0n) is 27.1. The van der Waals surface area contributed by atoms with Crippen LogP contribution in [-0.4, -0.2) is 74.2 Å². The molecule has 3 aromatic carbocycles. The molecule has 1 aliphatic heterocycles. The van der Waals surface area contributed by atoms with Crippen LogP contribution in [0.15, 0.2) is 70.2 Å². The number of amides is 2. The maximum Gasteiger partial charge on any atom is 0.311 e. The van der Waals surface area contributed by atoms with E-state index in [2.05, 4.69) is 0 Å². The van der Waals surface area contributed by atoms with Crippen LogP contribution in [0, 0.1) is 5.92 Å². The van der Waals surface area contributed by atoms with Gasteiger partial charge < -0.3 is 29.6 Å². The molecular weight excluding hydrogens is 727 g/mol. The number of carbonyl (C=O) groups is 5. The number of primary amides is 1. The summed E-state index contributed by atoms with van der Waals surface area (Å²) in [5.41, 5.74) is 7.36. The Morgan fingerprint density at radius 1 is 1.02 bits per heavy atom. The molecule has 16 heteroatoms. The van der Waals surface area contributed by atoms with Gasteiger partial charge in [-0.3, -0.25) is 24.0 Å². The van der Waals surface area contributed by atoms with Crippen molar-refractivity contribution in [1.82, 2.24) is 4.90 Å². The summed E-state index contributed by atoms with van der Waals surface area (Å²) in [6.07, 6.45) is 1.74. The Morgan fingerprint density at radius 2 is 1.76 bits per heavy atom. The molecule has 0 radical (unpaired) electrons. The van der Waals surface area contributed by atoms with Crippen molar-refractivity contribution in [2.75, 3.05) is 26.0 Å². The molecule has 0 saturated carbocycles. The summed E-state index contributed by atoms with van der Waals surface area (Å²) in [6.45, 7) is -0.768. The first-order valence-electron chi connectivity index (χ1n) is 15.6. The molecular formula is C35H32Cl2N2O11S.